The standard InChI is InChI=1S/C12H26N2O4S2/c1-5-8-14(9-6-2)12(7-10-19-3,11(15)18-13)20(4,16)17/h5-10,13H2,1-4H3. The van der Waals surface area contributed by atoms with E-state index in [2.05, 4.69) is 4.84 Å². The SMILES string of the molecule is CCCN(CCC)C(CCSC)(C(=O)ON)S(C)(=O)=O. The van der Waals surface area contributed by atoms with E-state index in [4.69, 9.17) is 5.90 Å². The third kappa shape index (κ3) is 4.34. The number of sulfone groups is 1. The van der Waals surface area contributed by atoms with Crippen LogP contribution in [0, 0.1) is 0 Å². The fourth-order valence-electron chi connectivity index (χ4n) is 2.31. The maximum absolute atomic E-state index is 12.3. The highest BCUT2D eigenvalue weighted by Gasteiger charge is 2.53. The van der Waals surface area contributed by atoms with E-state index in [0.29, 0.717) is 18.8 Å². The summed E-state index contributed by atoms with van der Waals surface area (Å²) in [4.78, 5) is 16.5. The fourth-order valence-corrected chi connectivity index (χ4v) is 4.41. The van der Waals surface area contributed by atoms with E-state index < -0.39 is 20.7 Å². The minimum Gasteiger partial charge on any atom is -0.371 e. The van der Waals surface area contributed by atoms with Crippen molar-refractivity contribution in [2.45, 2.75) is 38.0 Å². The van der Waals surface area contributed by atoms with Gasteiger partial charge in [-0.25, -0.2) is 13.2 Å². The highest BCUT2D eigenvalue weighted by atomic mass is 32.2. The first-order valence-electron chi connectivity index (χ1n) is 6.66. The molecule has 6 nitrogen and oxygen atoms in total. The molecule has 0 rings (SSSR count). The summed E-state index contributed by atoms with van der Waals surface area (Å²) in [6, 6.07) is 0. The van der Waals surface area contributed by atoms with Crippen molar-refractivity contribution in [1.29, 1.82) is 0 Å². The van der Waals surface area contributed by atoms with E-state index >= 15 is 0 Å². The molecular formula is C12H26N2O4S2. The largest absolute Gasteiger partial charge is 0.371 e. The number of thioether (sulfide) groups is 1. The van der Waals surface area contributed by atoms with E-state index in [9.17, 15) is 13.2 Å². The van der Waals surface area contributed by atoms with Gasteiger partial charge in [0.05, 0.1) is 0 Å². The Morgan fingerprint density at radius 3 is 2.10 bits per heavy atom. The average molecular weight is 326 g/mol. The summed E-state index contributed by atoms with van der Waals surface area (Å²) in [6.07, 6.45) is 4.60. The number of carbonyl (C=O) groups excluding carboxylic acids is 1. The van der Waals surface area contributed by atoms with Crippen LogP contribution in [0.1, 0.15) is 33.1 Å². The molecule has 0 aromatic heterocycles. The first-order chi connectivity index (χ1) is 9.31. The number of rotatable bonds is 10. The van der Waals surface area contributed by atoms with Gasteiger partial charge >= 0.3 is 5.97 Å². The van der Waals surface area contributed by atoms with Gasteiger partial charge in [-0.3, -0.25) is 4.90 Å². The van der Waals surface area contributed by atoms with Gasteiger partial charge in [0, 0.05) is 12.7 Å². The Morgan fingerprint density at radius 1 is 1.30 bits per heavy atom. The molecule has 0 saturated heterocycles. The number of hydrogen-bond acceptors (Lipinski definition) is 7. The van der Waals surface area contributed by atoms with Crippen molar-refractivity contribution in [3.05, 3.63) is 0 Å². The molecule has 0 fully saturated rings. The van der Waals surface area contributed by atoms with Crippen molar-refractivity contribution in [2.75, 3.05) is 31.4 Å². The van der Waals surface area contributed by atoms with Crippen molar-refractivity contribution < 1.29 is 18.0 Å². The predicted molar refractivity (Wildman–Crippen MR) is 83.0 cm³/mol. The zero-order valence-electron chi connectivity index (χ0n) is 12.7. The molecule has 1 atom stereocenters. The minimum absolute atomic E-state index is 0.170. The van der Waals surface area contributed by atoms with Gasteiger partial charge in [0.1, 0.15) is 0 Å². The summed E-state index contributed by atoms with van der Waals surface area (Å²) in [5, 5.41) is 0. The summed E-state index contributed by atoms with van der Waals surface area (Å²) >= 11 is 1.49. The second-order valence-corrected chi connectivity index (χ2v) is 7.90. The Morgan fingerprint density at radius 2 is 1.80 bits per heavy atom. The van der Waals surface area contributed by atoms with Crippen molar-refractivity contribution in [3.8, 4) is 0 Å². The number of nitrogens with zero attached hydrogens (tertiary/aromatic N) is 1. The highest BCUT2D eigenvalue weighted by Crippen LogP contribution is 2.30. The molecule has 0 radical (unpaired) electrons. The first-order valence-corrected chi connectivity index (χ1v) is 9.95. The van der Waals surface area contributed by atoms with Gasteiger partial charge in [0.2, 0.25) is 4.87 Å². The highest BCUT2D eigenvalue weighted by molar-refractivity contribution is 7.98. The van der Waals surface area contributed by atoms with E-state index in [1.165, 1.54) is 11.8 Å². The first kappa shape index (κ1) is 19.7. The third-order valence-corrected chi connectivity index (χ3v) is 5.65. The summed E-state index contributed by atoms with van der Waals surface area (Å²) in [5.41, 5.74) is 0. The van der Waals surface area contributed by atoms with Crippen molar-refractivity contribution in [3.63, 3.8) is 0 Å². The minimum atomic E-state index is -3.70. The van der Waals surface area contributed by atoms with Gasteiger partial charge in [0.25, 0.3) is 0 Å². The third-order valence-electron chi connectivity index (χ3n) is 3.18. The number of nitrogens with two attached hydrogens (primary N) is 1. The Balaban J connectivity index is 5.86. The zero-order valence-corrected chi connectivity index (χ0v) is 14.3. The van der Waals surface area contributed by atoms with Crippen molar-refractivity contribution >= 4 is 27.6 Å². The van der Waals surface area contributed by atoms with Gasteiger partial charge in [-0.15, -0.1) is 0 Å². The topological polar surface area (TPSA) is 89.7 Å². The molecule has 0 aliphatic heterocycles. The lowest BCUT2D eigenvalue weighted by molar-refractivity contribution is -0.153. The number of hydrogen-bond donors (Lipinski definition) is 1. The van der Waals surface area contributed by atoms with Crippen LogP contribution in [-0.4, -0.2) is 55.5 Å². The van der Waals surface area contributed by atoms with E-state index in [1.807, 2.05) is 20.1 Å². The summed E-state index contributed by atoms with van der Waals surface area (Å²) < 4.78 is 24.7. The Labute approximate surface area is 126 Å². The molecule has 0 heterocycles. The summed E-state index contributed by atoms with van der Waals surface area (Å²) in [6.45, 7) is 4.89. The second-order valence-electron chi connectivity index (χ2n) is 4.69. The monoisotopic (exact) mass is 326 g/mol. The quantitative estimate of drug-likeness (QED) is 0.599. The molecule has 0 aromatic rings. The molecular weight excluding hydrogens is 300 g/mol. The smallest absolute Gasteiger partial charge is 0.360 e. The number of carbonyl (C=O) groups is 1. The van der Waals surface area contributed by atoms with Gasteiger partial charge < -0.3 is 4.84 Å². The van der Waals surface area contributed by atoms with E-state index in [0.717, 1.165) is 19.1 Å². The molecule has 0 aliphatic rings. The molecule has 0 saturated carbocycles. The summed E-state index contributed by atoms with van der Waals surface area (Å²) in [7, 11) is -3.70. The molecule has 0 bridgehead atoms. The Hall–Kier alpha value is -0.310. The van der Waals surface area contributed by atoms with Crippen LogP contribution in [0.4, 0.5) is 0 Å². The molecule has 0 amide bonds. The van der Waals surface area contributed by atoms with Crippen molar-refractivity contribution in [1.82, 2.24) is 4.90 Å². The maximum atomic E-state index is 12.3. The normalized spacial score (nSPS) is 15.1. The molecule has 0 aliphatic carbocycles. The molecule has 1 unspecified atom stereocenters. The van der Waals surface area contributed by atoms with Crippen LogP contribution in [-0.2, 0) is 19.5 Å². The van der Waals surface area contributed by atoms with Crippen molar-refractivity contribution in [2.24, 2.45) is 5.90 Å². The van der Waals surface area contributed by atoms with Crippen LogP contribution in [0.15, 0.2) is 0 Å². The van der Waals surface area contributed by atoms with Crippen LogP contribution < -0.4 is 5.90 Å². The van der Waals surface area contributed by atoms with Gasteiger partial charge in [-0.05, 0) is 37.9 Å². The van der Waals surface area contributed by atoms with Gasteiger partial charge in [-0.1, -0.05) is 13.8 Å². The van der Waals surface area contributed by atoms with E-state index in [1.54, 1.807) is 4.90 Å². The molecule has 2 N–H and O–H groups in total. The molecule has 8 heteroatoms. The predicted octanol–water partition coefficient (Wildman–Crippen LogP) is 1.02. The maximum Gasteiger partial charge on any atom is 0.360 e. The second kappa shape index (κ2) is 8.86. The van der Waals surface area contributed by atoms with Crippen LogP contribution in [0.25, 0.3) is 0 Å². The Bertz CT molecular complexity index is 394. The zero-order chi connectivity index (χ0) is 15.8. The van der Waals surface area contributed by atoms with E-state index in [-0.39, 0.29) is 6.42 Å². The molecule has 0 aromatic carbocycles. The fraction of sp³-hybridized carbons (Fsp3) is 0.917. The Kier molecular flexibility index (Phi) is 8.72. The molecule has 120 valence electrons. The summed E-state index contributed by atoms with van der Waals surface area (Å²) in [5.74, 6) is 4.65. The van der Waals surface area contributed by atoms with Crippen LogP contribution in [0.5, 0.6) is 0 Å². The lowest BCUT2D eigenvalue weighted by atomic mass is 10.1. The van der Waals surface area contributed by atoms with Crippen LogP contribution in [0.3, 0.4) is 0 Å². The van der Waals surface area contributed by atoms with Crippen LogP contribution >= 0.6 is 11.8 Å². The van der Waals surface area contributed by atoms with Gasteiger partial charge in [0.15, 0.2) is 9.84 Å². The molecule has 0 spiro atoms. The lowest BCUT2D eigenvalue weighted by Crippen LogP contribution is -2.61. The lowest BCUT2D eigenvalue weighted by Gasteiger charge is -2.39. The average Bonchev–Trinajstić information content (AvgIpc) is 2.38. The van der Waals surface area contributed by atoms with Crippen LogP contribution in [0.2, 0.25) is 0 Å². The van der Waals surface area contributed by atoms with Gasteiger partial charge in [-0.2, -0.15) is 17.7 Å². The molecule has 20 heavy (non-hydrogen) atoms.